The summed E-state index contributed by atoms with van der Waals surface area (Å²) >= 11 is 0. The lowest BCUT2D eigenvalue weighted by Crippen LogP contribution is -2.15. The number of hydrogen-bond donors (Lipinski definition) is 2. The van der Waals surface area contributed by atoms with Crippen molar-refractivity contribution in [3.63, 3.8) is 0 Å². The Labute approximate surface area is 72.0 Å². The molecule has 6 nitrogen and oxygen atoms in total. The van der Waals surface area contributed by atoms with Crippen molar-refractivity contribution >= 4 is 18.3 Å². The average Bonchev–Trinajstić information content (AvgIpc) is 2.46. The van der Waals surface area contributed by atoms with Gasteiger partial charge in [0.15, 0.2) is 6.29 Å². The minimum Gasteiger partial charge on any atom is -0.477 e. The Hall–Kier alpha value is -2.11. The first kappa shape index (κ1) is 8.98. The van der Waals surface area contributed by atoms with Crippen LogP contribution in [0.2, 0.25) is 0 Å². The standard InChI is InChI=1S/C7H5NO5/c9-3-4-1-2-8(7(12)13)5(4)6(10)11/h1-3H,(H,10,11)(H,12,13). The highest BCUT2D eigenvalue weighted by atomic mass is 16.4. The molecule has 68 valence electrons. The Bertz CT molecular complexity index is 378. The second kappa shape index (κ2) is 3.10. The Kier molecular flexibility index (Phi) is 2.14. The molecule has 0 saturated heterocycles. The van der Waals surface area contributed by atoms with Gasteiger partial charge in [-0.3, -0.25) is 4.79 Å². The van der Waals surface area contributed by atoms with Crippen molar-refractivity contribution in [1.29, 1.82) is 0 Å². The number of aldehydes is 1. The maximum absolute atomic E-state index is 10.5. The van der Waals surface area contributed by atoms with E-state index in [4.69, 9.17) is 10.2 Å². The minimum atomic E-state index is -1.45. The molecule has 0 fully saturated rings. The van der Waals surface area contributed by atoms with Crippen molar-refractivity contribution in [2.75, 3.05) is 0 Å². The first-order valence-electron chi connectivity index (χ1n) is 3.21. The second-order valence-electron chi connectivity index (χ2n) is 2.20. The molecule has 0 saturated carbocycles. The van der Waals surface area contributed by atoms with Gasteiger partial charge in [0.2, 0.25) is 0 Å². The lowest BCUT2D eigenvalue weighted by molar-refractivity contribution is 0.0681. The normalized spacial score (nSPS) is 9.54. The lowest BCUT2D eigenvalue weighted by Gasteiger charge is -1.98. The number of aromatic carboxylic acids is 1. The summed E-state index contributed by atoms with van der Waals surface area (Å²) in [6.45, 7) is 0. The van der Waals surface area contributed by atoms with Gasteiger partial charge in [-0.05, 0) is 6.07 Å². The third kappa shape index (κ3) is 1.41. The number of carbonyl (C=O) groups is 3. The van der Waals surface area contributed by atoms with E-state index in [1.165, 1.54) is 0 Å². The summed E-state index contributed by atoms with van der Waals surface area (Å²) in [7, 11) is 0. The van der Waals surface area contributed by atoms with Gasteiger partial charge in [-0.25, -0.2) is 14.2 Å². The highest BCUT2D eigenvalue weighted by Gasteiger charge is 2.18. The van der Waals surface area contributed by atoms with Crippen molar-refractivity contribution in [1.82, 2.24) is 4.57 Å². The van der Waals surface area contributed by atoms with Crippen LogP contribution in [-0.2, 0) is 0 Å². The summed E-state index contributed by atoms with van der Waals surface area (Å²) in [5, 5.41) is 17.1. The van der Waals surface area contributed by atoms with Crippen LogP contribution < -0.4 is 0 Å². The summed E-state index contributed by atoms with van der Waals surface area (Å²) in [6, 6.07) is 1.13. The molecule has 0 amide bonds. The number of hydrogen-bond acceptors (Lipinski definition) is 3. The molecule has 6 heteroatoms. The van der Waals surface area contributed by atoms with Crippen LogP contribution in [0.4, 0.5) is 4.79 Å². The molecule has 1 aromatic heterocycles. The average molecular weight is 183 g/mol. The van der Waals surface area contributed by atoms with Crippen LogP contribution in [0.5, 0.6) is 0 Å². The zero-order valence-electron chi connectivity index (χ0n) is 6.30. The van der Waals surface area contributed by atoms with Gasteiger partial charge in [-0.2, -0.15) is 0 Å². The molecule has 0 unspecified atom stereocenters. The second-order valence-corrected chi connectivity index (χ2v) is 2.20. The molecule has 0 aliphatic heterocycles. The van der Waals surface area contributed by atoms with E-state index in [1.807, 2.05) is 0 Å². The van der Waals surface area contributed by atoms with Gasteiger partial charge >= 0.3 is 12.1 Å². The number of carboxylic acids is 1. The largest absolute Gasteiger partial charge is 0.477 e. The van der Waals surface area contributed by atoms with Gasteiger partial charge in [0, 0.05) is 11.8 Å². The van der Waals surface area contributed by atoms with Gasteiger partial charge in [0.05, 0.1) is 0 Å². The van der Waals surface area contributed by atoms with Gasteiger partial charge in [0.25, 0.3) is 0 Å². The molecule has 0 aliphatic rings. The molecule has 1 aromatic rings. The Balaban J connectivity index is 3.38. The highest BCUT2D eigenvalue weighted by molar-refractivity contribution is 5.98. The molecule has 1 rings (SSSR count). The SMILES string of the molecule is O=Cc1ccn(C(=O)O)c1C(=O)O. The predicted octanol–water partition coefficient (Wildman–Crippen LogP) is 0.525. The van der Waals surface area contributed by atoms with E-state index in [-0.39, 0.29) is 5.56 Å². The maximum Gasteiger partial charge on any atom is 0.416 e. The van der Waals surface area contributed by atoms with Crippen LogP contribution in [0, 0.1) is 0 Å². The number of carboxylic acid groups (broad SMARTS) is 2. The van der Waals surface area contributed by atoms with Crippen LogP contribution in [0.1, 0.15) is 20.8 Å². The van der Waals surface area contributed by atoms with Gasteiger partial charge < -0.3 is 10.2 Å². The zero-order chi connectivity index (χ0) is 10.0. The third-order valence-electron chi connectivity index (χ3n) is 1.45. The lowest BCUT2D eigenvalue weighted by atomic mass is 10.3. The minimum absolute atomic E-state index is 0.157. The van der Waals surface area contributed by atoms with E-state index >= 15 is 0 Å². The Morgan fingerprint density at radius 2 is 2.00 bits per heavy atom. The summed E-state index contributed by atoms with van der Waals surface area (Å²) < 4.78 is 0.478. The van der Waals surface area contributed by atoms with E-state index in [0.717, 1.165) is 12.3 Å². The third-order valence-corrected chi connectivity index (χ3v) is 1.45. The van der Waals surface area contributed by atoms with Crippen LogP contribution in [0.3, 0.4) is 0 Å². The quantitative estimate of drug-likeness (QED) is 0.651. The molecule has 0 aromatic carbocycles. The summed E-state index contributed by atoms with van der Waals surface area (Å²) in [4.78, 5) is 31.3. The fourth-order valence-electron chi connectivity index (χ4n) is 0.928. The fraction of sp³-hybridized carbons (Fsp3) is 0. The molecule has 13 heavy (non-hydrogen) atoms. The molecule has 0 atom stereocenters. The summed E-state index contributed by atoms with van der Waals surface area (Å²) in [5.74, 6) is -1.45. The van der Waals surface area contributed by atoms with Crippen LogP contribution in [0.25, 0.3) is 0 Å². The van der Waals surface area contributed by atoms with E-state index in [1.54, 1.807) is 0 Å². The molecule has 0 radical (unpaired) electrons. The number of rotatable bonds is 2. The Morgan fingerprint density at radius 1 is 1.38 bits per heavy atom. The monoisotopic (exact) mass is 183 g/mol. The van der Waals surface area contributed by atoms with Crippen LogP contribution in [-0.4, -0.2) is 33.1 Å². The van der Waals surface area contributed by atoms with Gasteiger partial charge in [-0.1, -0.05) is 0 Å². The molecule has 1 heterocycles. The molecule has 0 aliphatic carbocycles. The van der Waals surface area contributed by atoms with Crippen LogP contribution >= 0.6 is 0 Å². The van der Waals surface area contributed by atoms with Crippen LogP contribution in [0.15, 0.2) is 12.3 Å². The van der Waals surface area contributed by atoms with Crippen molar-refractivity contribution in [2.45, 2.75) is 0 Å². The number of carbonyl (C=O) groups excluding carboxylic acids is 1. The van der Waals surface area contributed by atoms with Gasteiger partial charge in [0.1, 0.15) is 5.69 Å². The molecular weight excluding hydrogens is 178 g/mol. The first-order valence-corrected chi connectivity index (χ1v) is 3.21. The Morgan fingerprint density at radius 3 is 2.38 bits per heavy atom. The molecular formula is C7H5NO5. The first-order chi connectivity index (χ1) is 6.07. The van der Waals surface area contributed by atoms with E-state index < -0.39 is 17.8 Å². The molecule has 2 N–H and O–H groups in total. The predicted molar refractivity (Wildman–Crippen MR) is 40.2 cm³/mol. The van der Waals surface area contributed by atoms with E-state index in [9.17, 15) is 14.4 Å². The van der Waals surface area contributed by atoms with Crippen molar-refractivity contribution < 1.29 is 24.6 Å². The summed E-state index contributed by atoms with van der Waals surface area (Å²) in [6.07, 6.45) is -0.135. The summed E-state index contributed by atoms with van der Waals surface area (Å²) in [5.41, 5.74) is -0.697. The van der Waals surface area contributed by atoms with Crippen molar-refractivity contribution in [2.24, 2.45) is 0 Å². The van der Waals surface area contributed by atoms with Crippen molar-refractivity contribution in [3.05, 3.63) is 23.5 Å². The zero-order valence-corrected chi connectivity index (χ0v) is 6.30. The topological polar surface area (TPSA) is 96.6 Å². The molecule has 0 spiro atoms. The smallest absolute Gasteiger partial charge is 0.416 e. The fourth-order valence-corrected chi connectivity index (χ4v) is 0.928. The molecule has 0 bridgehead atoms. The van der Waals surface area contributed by atoms with Crippen molar-refractivity contribution in [3.8, 4) is 0 Å². The maximum atomic E-state index is 10.5. The number of nitrogens with zero attached hydrogens (tertiary/aromatic N) is 1. The van der Waals surface area contributed by atoms with E-state index in [2.05, 4.69) is 0 Å². The number of aromatic nitrogens is 1. The highest BCUT2D eigenvalue weighted by Crippen LogP contribution is 2.08. The van der Waals surface area contributed by atoms with E-state index in [0.29, 0.717) is 10.9 Å². The van der Waals surface area contributed by atoms with Gasteiger partial charge in [-0.15, -0.1) is 0 Å².